The van der Waals surface area contributed by atoms with Gasteiger partial charge in [-0.2, -0.15) is 0 Å². The molecule has 0 spiro atoms. The topological polar surface area (TPSA) is 38.3 Å². The quantitative estimate of drug-likeness (QED) is 0.906. The Bertz CT molecular complexity index is 581. The smallest absolute Gasteiger partial charge is 0.224 e. The molecule has 0 atom stereocenters. The number of aryl methyl sites for hydroxylation is 1. The van der Waals surface area contributed by atoms with Gasteiger partial charge in [0.05, 0.1) is 7.11 Å². The molecule has 0 saturated heterocycles. The second-order valence-electron chi connectivity index (χ2n) is 4.37. The van der Waals surface area contributed by atoms with Gasteiger partial charge in [0.2, 0.25) is 5.91 Å². The lowest BCUT2D eigenvalue weighted by Crippen LogP contribution is -2.12. The van der Waals surface area contributed by atoms with E-state index in [1.807, 2.05) is 24.3 Å². The van der Waals surface area contributed by atoms with Crippen molar-refractivity contribution in [1.29, 1.82) is 0 Å². The molecule has 0 radical (unpaired) electrons. The zero-order valence-corrected chi connectivity index (χ0v) is 12.0. The number of carbonyl (C=O) groups is 1. The van der Waals surface area contributed by atoms with Crippen LogP contribution in [-0.2, 0) is 11.2 Å². The minimum atomic E-state index is -0.0294. The minimum Gasteiger partial charge on any atom is -0.496 e. The van der Waals surface area contributed by atoms with E-state index in [2.05, 4.69) is 5.32 Å². The fourth-order valence-electron chi connectivity index (χ4n) is 1.91. The van der Waals surface area contributed by atoms with Gasteiger partial charge >= 0.3 is 0 Å². The van der Waals surface area contributed by atoms with E-state index in [0.29, 0.717) is 17.9 Å². The van der Waals surface area contributed by atoms with E-state index in [1.54, 1.807) is 31.4 Å². The van der Waals surface area contributed by atoms with Crippen LogP contribution in [0.5, 0.6) is 5.75 Å². The molecule has 2 aromatic carbocycles. The lowest BCUT2D eigenvalue weighted by molar-refractivity contribution is -0.116. The molecule has 0 fully saturated rings. The number of ether oxygens (including phenoxy) is 1. The van der Waals surface area contributed by atoms with Crippen molar-refractivity contribution < 1.29 is 9.53 Å². The Hall–Kier alpha value is -2.00. The SMILES string of the molecule is COc1ccccc1CCC(=O)Nc1ccc(Cl)cc1. The first kappa shape index (κ1) is 14.4. The maximum atomic E-state index is 11.9. The first-order valence-corrected chi connectivity index (χ1v) is 6.74. The van der Waals surface area contributed by atoms with Crippen LogP contribution in [0.25, 0.3) is 0 Å². The van der Waals surface area contributed by atoms with Crippen LogP contribution in [0.15, 0.2) is 48.5 Å². The predicted molar refractivity (Wildman–Crippen MR) is 81.4 cm³/mol. The van der Waals surface area contributed by atoms with Gasteiger partial charge in [0.15, 0.2) is 0 Å². The fourth-order valence-corrected chi connectivity index (χ4v) is 2.04. The van der Waals surface area contributed by atoms with Crippen molar-refractivity contribution in [1.82, 2.24) is 0 Å². The van der Waals surface area contributed by atoms with Crippen LogP contribution in [0.1, 0.15) is 12.0 Å². The van der Waals surface area contributed by atoms with Crippen molar-refractivity contribution in [2.24, 2.45) is 0 Å². The Morgan fingerprint density at radius 3 is 2.55 bits per heavy atom. The molecular formula is C16H16ClNO2. The molecule has 2 rings (SSSR count). The van der Waals surface area contributed by atoms with Crippen molar-refractivity contribution >= 4 is 23.2 Å². The first-order valence-electron chi connectivity index (χ1n) is 6.36. The number of hydrogen-bond acceptors (Lipinski definition) is 2. The Balaban J connectivity index is 1.90. The zero-order chi connectivity index (χ0) is 14.4. The Kier molecular flexibility index (Phi) is 5.02. The van der Waals surface area contributed by atoms with Crippen LogP contribution < -0.4 is 10.1 Å². The third kappa shape index (κ3) is 4.00. The number of benzene rings is 2. The highest BCUT2D eigenvalue weighted by Crippen LogP contribution is 2.19. The summed E-state index contributed by atoms with van der Waals surface area (Å²) >= 11 is 5.80. The van der Waals surface area contributed by atoms with Gasteiger partial charge in [-0.15, -0.1) is 0 Å². The summed E-state index contributed by atoms with van der Waals surface area (Å²) in [5.41, 5.74) is 1.78. The Morgan fingerprint density at radius 2 is 1.85 bits per heavy atom. The zero-order valence-electron chi connectivity index (χ0n) is 11.2. The molecule has 0 bridgehead atoms. The summed E-state index contributed by atoms with van der Waals surface area (Å²) in [5, 5.41) is 3.49. The normalized spacial score (nSPS) is 10.1. The molecule has 0 aliphatic rings. The van der Waals surface area contributed by atoms with Gasteiger partial charge in [0.25, 0.3) is 0 Å². The summed E-state index contributed by atoms with van der Waals surface area (Å²) in [6.45, 7) is 0. The maximum absolute atomic E-state index is 11.9. The lowest BCUT2D eigenvalue weighted by atomic mass is 10.1. The largest absolute Gasteiger partial charge is 0.496 e. The van der Waals surface area contributed by atoms with Crippen LogP contribution in [0.4, 0.5) is 5.69 Å². The Morgan fingerprint density at radius 1 is 1.15 bits per heavy atom. The number of carbonyl (C=O) groups excluding carboxylic acids is 1. The number of rotatable bonds is 5. The van der Waals surface area contributed by atoms with Gasteiger partial charge < -0.3 is 10.1 Å². The summed E-state index contributed by atoms with van der Waals surface area (Å²) in [6, 6.07) is 14.8. The highest BCUT2D eigenvalue weighted by molar-refractivity contribution is 6.30. The molecule has 0 aromatic heterocycles. The second-order valence-corrected chi connectivity index (χ2v) is 4.80. The molecule has 1 N–H and O–H groups in total. The van der Waals surface area contributed by atoms with Gasteiger partial charge in [-0.3, -0.25) is 4.79 Å². The molecule has 0 aliphatic heterocycles. The molecule has 4 heteroatoms. The van der Waals surface area contributed by atoms with Crippen LogP contribution in [-0.4, -0.2) is 13.0 Å². The number of nitrogens with one attached hydrogen (secondary N) is 1. The monoisotopic (exact) mass is 289 g/mol. The molecule has 1 amide bonds. The van der Waals surface area contributed by atoms with Gasteiger partial charge in [0.1, 0.15) is 5.75 Å². The van der Waals surface area contributed by atoms with E-state index >= 15 is 0 Å². The van der Waals surface area contributed by atoms with Crippen molar-refractivity contribution in [3.8, 4) is 5.75 Å². The van der Waals surface area contributed by atoms with Gasteiger partial charge in [-0.05, 0) is 42.3 Å². The molecule has 0 heterocycles. The summed E-state index contributed by atoms with van der Waals surface area (Å²) in [7, 11) is 1.63. The van der Waals surface area contributed by atoms with Gasteiger partial charge in [0, 0.05) is 17.1 Å². The van der Waals surface area contributed by atoms with Crippen LogP contribution in [0.3, 0.4) is 0 Å². The number of methoxy groups -OCH3 is 1. The summed E-state index contributed by atoms with van der Waals surface area (Å²) in [6.07, 6.45) is 1.05. The van der Waals surface area contributed by atoms with Crippen molar-refractivity contribution in [2.75, 3.05) is 12.4 Å². The third-order valence-corrected chi connectivity index (χ3v) is 3.19. The number of hydrogen-bond donors (Lipinski definition) is 1. The number of anilines is 1. The molecule has 0 unspecified atom stereocenters. The molecule has 104 valence electrons. The number of para-hydroxylation sites is 1. The van der Waals surface area contributed by atoms with E-state index in [9.17, 15) is 4.79 Å². The molecule has 0 aliphatic carbocycles. The fraction of sp³-hybridized carbons (Fsp3) is 0.188. The average molecular weight is 290 g/mol. The standard InChI is InChI=1S/C16H16ClNO2/c1-20-15-5-3-2-4-12(15)6-11-16(19)18-14-9-7-13(17)8-10-14/h2-5,7-10H,6,11H2,1H3,(H,18,19). The second kappa shape index (κ2) is 6.96. The van der Waals surface area contributed by atoms with E-state index in [1.165, 1.54) is 0 Å². The van der Waals surface area contributed by atoms with E-state index in [0.717, 1.165) is 17.0 Å². The van der Waals surface area contributed by atoms with Crippen LogP contribution in [0.2, 0.25) is 5.02 Å². The summed E-state index contributed by atoms with van der Waals surface area (Å²) < 4.78 is 5.26. The molecule has 0 saturated carbocycles. The van der Waals surface area contributed by atoms with Crippen LogP contribution >= 0.6 is 11.6 Å². The van der Waals surface area contributed by atoms with Crippen molar-refractivity contribution in [3.05, 3.63) is 59.1 Å². The predicted octanol–water partition coefficient (Wildman–Crippen LogP) is 3.92. The molecule has 3 nitrogen and oxygen atoms in total. The highest BCUT2D eigenvalue weighted by atomic mass is 35.5. The summed E-state index contributed by atoms with van der Waals surface area (Å²) in [5.74, 6) is 0.782. The summed E-state index contributed by atoms with van der Waals surface area (Å²) in [4.78, 5) is 11.9. The van der Waals surface area contributed by atoms with E-state index in [-0.39, 0.29) is 5.91 Å². The molecular weight excluding hydrogens is 274 g/mol. The number of halogens is 1. The maximum Gasteiger partial charge on any atom is 0.224 e. The van der Waals surface area contributed by atoms with Crippen molar-refractivity contribution in [2.45, 2.75) is 12.8 Å². The molecule has 2 aromatic rings. The number of amides is 1. The highest BCUT2D eigenvalue weighted by Gasteiger charge is 2.06. The minimum absolute atomic E-state index is 0.0294. The third-order valence-electron chi connectivity index (χ3n) is 2.94. The van der Waals surface area contributed by atoms with E-state index in [4.69, 9.17) is 16.3 Å². The van der Waals surface area contributed by atoms with E-state index < -0.39 is 0 Å². The van der Waals surface area contributed by atoms with Gasteiger partial charge in [-0.1, -0.05) is 29.8 Å². The average Bonchev–Trinajstić information content (AvgIpc) is 2.48. The molecule has 20 heavy (non-hydrogen) atoms. The van der Waals surface area contributed by atoms with Gasteiger partial charge in [-0.25, -0.2) is 0 Å². The lowest BCUT2D eigenvalue weighted by Gasteiger charge is -2.08. The van der Waals surface area contributed by atoms with Crippen LogP contribution in [0, 0.1) is 0 Å². The van der Waals surface area contributed by atoms with Crippen molar-refractivity contribution in [3.63, 3.8) is 0 Å². The Labute approximate surface area is 123 Å². The first-order chi connectivity index (χ1) is 9.69.